The van der Waals surface area contributed by atoms with E-state index in [4.69, 9.17) is 11.6 Å². The Morgan fingerprint density at radius 3 is 2.59 bits per heavy atom. The molecule has 0 amide bonds. The molecule has 2 aromatic rings. The minimum Gasteiger partial charge on any atom is -0.211 e. The van der Waals surface area contributed by atoms with Crippen LogP contribution in [0.25, 0.3) is 11.1 Å². The lowest BCUT2D eigenvalue weighted by Gasteiger charge is -2.03. The zero-order chi connectivity index (χ0) is 12.3. The molecule has 0 aliphatic carbocycles. The summed E-state index contributed by atoms with van der Waals surface area (Å²) in [4.78, 5) is 13.7. The standard InChI is InChI=1S/C13H7ClFNO/c14-12-5-4-10(7-13(12)15)9-2-1-3-11(6-9)16-8-17/h1-7H. The maximum atomic E-state index is 13.3. The number of benzene rings is 2. The largest absolute Gasteiger partial charge is 0.240 e. The highest BCUT2D eigenvalue weighted by Gasteiger charge is 2.03. The molecule has 0 atom stereocenters. The Balaban J connectivity index is 2.48. The quantitative estimate of drug-likeness (QED) is 0.580. The summed E-state index contributed by atoms with van der Waals surface area (Å²) in [5, 5.41) is 0.0795. The summed E-state index contributed by atoms with van der Waals surface area (Å²) < 4.78 is 13.3. The van der Waals surface area contributed by atoms with Crippen molar-refractivity contribution in [1.82, 2.24) is 0 Å². The molecule has 0 aromatic heterocycles. The Hall–Kier alpha value is -1.96. The molecule has 2 aromatic carbocycles. The number of aliphatic imine (C=N–C) groups is 1. The van der Waals surface area contributed by atoms with Crippen molar-refractivity contribution in [3.63, 3.8) is 0 Å². The molecule has 84 valence electrons. The van der Waals surface area contributed by atoms with E-state index in [1.54, 1.807) is 30.3 Å². The first-order chi connectivity index (χ1) is 8.20. The molecule has 0 unspecified atom stereocenters. The van der Waals surface area contributed by atoms with Crippen molar-refractivity contribution in [2.45, 2.75) is 0 Å². The smallest absolute Gasteiger partial charge is 0.211 e. The third-order valence-electron chi connectivity index (χ3n) is 2.27. The van der Waals surface area contributed by atoms with Crippen LogP contribution >= 0.6 is 11.6 Å². The summed E-state index contributed by atoms with van der Waals surface area (Å²) in [5.74, 6) is -0.478. The van der Waals surface area contributed by atoms with Crippen LogP contribution in [0.2, 0.25) is 5.02 Å². The van der Waals surface area contributed by atoms with E-state index in [2.05, 4.69) is 4.99 Å². The van der Waals surface area contributed by atoms with E-state index in [-0.39, 0.29) is 5.02 Å². The molecule has 0 spiro atoms. The molecule has 0 fully saturated rings. The molecule has 2 rings (SSSR count). The Morgan fingerprint density at radius 1 is 1.12 bits per heavy atom. The van der Waals surface area contributed by atoms with Gasteiger partial charge in [0, 0.05) is 0 Å². The average molecular weight is 248 g/mol. The molecule has 0 radical (unpaired) electrons. The second-order valence-electron chi connectivity index (χ2n) is 3.38. The normalized spacial score (nSPS) is 9.76. The number of nitrogens with zero attached hydrogens (tertiary/aromatic N) is 1. The van der Waals surface area contributed by atoms with E-state index in [0.29, 0.717) is 11.3 Å². The van der Waals surface area contributed by atoms with Crippen LogP contribution in [0, 0.1) is 5.82 Å². The van der Waals surface area contributed by atoms with Crippen molar-refractivity contribution in [3.8, 4) is 11.1 Å². The predicted molar refractivity (Wildman–Crippen MR) is 64.6 cm³/mol. The van der Waals surface area contributed by atoms with Crippen molar-refractivity contribution in [1.29, 1.82) is 0 Å². The van der Waals surface area contributed by atoms with Gasteiger partial charge < -0.3 is 0 Å². The highest BCUT2D eigenvalue weighted by atomic mass is 35.5. The molecule has 0 aliphatic rings. The van der Waals surface area contributed by atoms with Gasteiger partial charge in [-0.15, -0.1) is 0 Å². The van der Waals surface area contributed by atoms with Gasteiger partial charge in [0.1, 0.15) is 5.82 Å². The second kappa shape index (κ2) is 4.91. The van der Waals surface area contributed by atoms with Crippen molar-refractivity contribution in [2.24, 2.45) is 4.99 Å². The second-order valence-corrected chi connectivity index (χ2v) is 3.79. The van der Waals surface area contributed by atoms with Crippen LogP contribution in [0.5, 0.6) is 0 Å². The van der Waals surface area contributed by atoms with Crippen LogP contribution in [-0.4, -0.2) is 6.08 Å². The summed E-state index contributed by atoms with van der Waals surface area (Å²) in [7, 11) is 0. The third-order valence-corrected chi connectivity index (χ3v) is 2.58. The van der Waals surface area contributed by atoms with E-state index in [9.17, 15) is 9.18 Å². The van der Waals surface area contributed by atoms with E-state index in [1.165, 1.54) is 18.2 Å². The molecule has 0 bridgehead atoms. The number of rotatable bonds is 2. The predicted octanol–water partition coefficient (Wildman–Crippen LogP) is 4.11. The first-order valence-corrected chi connectivity index (χ1v) is 5.22. The number of halogens is 2. The van der Waals surface area contributed by atoms with E-state index in [0.717, 1.165) is 5.56 Å². The molecule has 0 N–H and O–H groups in total. The molecule has 0 saturated heterocycles. The van der Waals surface area contributed by atoms with Gasteiger partial charge in [0.2, 0.25) is 6.08 Å². The highest BCUT2D eigenvalue weighted by molar-refractivity contribution is 6.30. The van der Waals surface area contributed by atoms with E-state index in [1.807, 2.05) is 0 Å². The maximum Gasteiger partial charge on any atom is 0.240 e. The Labute approximate surface area is 102 Å². The fraction of sp³-hybridized carbons (Fsp3) is 0. The Morgan fingerprint density at radius 2 is 1.88 bits per heavy atom. The molecular weight excluding hydrogens is 241 g/mol. The lowest BCUT2D eigenvalue weighted by Crippen LogP contribution is -1.81. The minimum absolute atomic E-state index is 0.0795. The molecule has 17 heavy (non-hydrogen) atoms. The average Bonchev–Trinajstić information content (AvgIpc) is 2.33. The van der Waals surface area contributed by atoms with E-state index < -0.39 is 5.82 Å². The fourth-order valence-corrected chi connectivity index (χ4v) is 1.60. The van der Waals surface area contributed by atoms with Gasteiger partial charge >= 0.3 is 0 Å². The first kappa shape index (κ1) is 11.5. The maximum absolute atomic E-state index is 13.3. The van der Waals surface area contributed by atoms with Crippen LogP contribution in [0.15, 0.2) is 47.5 Å². The van der Waals surface area contributed by atoms with Gasteiger partial charge in [-0.1, -0.05) is 29.8 Å². The van der Waals surface area contributed by atoms with Gasteiger partial charge in [0.25, 0.3) is 0 Å². The molecule has 0 heterocycles. The van der Waals surface area contributed by atoms with Gasteiger partial charge in [0.15, 0.2) is 0 Å². The Bertz CT molecular complexity index is 606. The van der Waals surface area contributed by atoms with Crippen molar-refractivity contribution in [2.75, 3.05) is 0 Å². The van der Waals surface area contributed by atoms with E-state index >= 15 is 0 Å². The van der Waals surface area contributed by atoms with Crippen molar-refractivity contribution < 1.29 is 9.18 Å². The number of hydrogen-bond acceptors (Lipinski definition) is 2. The summed E-state index contributed by atoms with van der Waals surface area (Å²) in [6, 6.07) is 11.4. The fourth-order valence-electron chi connectivity index (χ4n) is 1.48. The number of hydrogen-bond donors (Lipinski definition) is 0. The third kappa shape index (κ3) is 2.59. The van der Waals surface area contributed by atoms with Gasteiger partial charge in [-0.25, -0.2) is 9.18 Å². The first-order valence-electron chi connectivity index (χ1n) is 4.84. The highest BCUT2D eigenvalue weighted by Crippen LogP contribution is 2.26. The summed E-state index contributed by atoms with van der Waals surface area (Å²) in [6.45, 7) is 0. The van der Waals surface area contributed by atoms with Crippen LogP contribution < -0.4 is 0 Å². The minimum atomic E-state index is -0.478. The molecule has 2 nitrogen and oxygen atoms in total. The van der Waals surface area contributed by atoms with Crippen LogP contribution in [0.1, 0.15) is 0 Å². The molecule has 4 heteroatoms. The van der Waals surface area contributed by atoms with Gasteiger partial charge in [0.05, 0.1) is 10.7 Å². The lowest BCUT2D eigenvalue weighted by molar-refractivity contribution is 0.565. The summed E-state index contributed by atoms with van der Waals surface area (Å²) in [6.07, 6.45) is 1.46. The van der Waals surface area contributed by atoms with Gasteiger partial charge in [-0.2, -0.15) is 4.99 Å². The zero-order valence-corrected chi connectivity index (χ0v) is 9.41. The lowest BCUT2D eigenvalue weighted by atomic mass is 10.1. The Kier molecular flexibility index (Phi) is 3.33. The van der Waals surface area contributed by atoms with Crippen LogP contribution in [0.3, 0.4) is 0 Å². The molecular formula is C13H7ClFNO. The molecule has 0 aliphatic heterocycles. The van der Waals surface area contributed by atoms with Crippen LogP contribution in [-0.2, 0) is 4.79 Å². The van der Waals surface area contributed by atoms with Gasteiger partial charge in [-0.05, 0) is 35.4 Å². The SMILES string of the molecule is O=C=Nc1cccc(-c2ccc(Cl)c(F)c2)c1. The van der Waals surface area contributed by atoms with Crippen molar-refractivity contribution >= 4 is 23.4 Å². The van der Waals surface area contributed by atoms with Crippen LogP contribution in [0.4, 0.5) is 10.1 Å². The van der Waals surface area contributed by atoms with Gasteiger partial charge in [-0.3, -0.25) is 0 Å². The topological polar surface area (TPSA) is 29.4 Å². The number of isocyanates is 1. The number of carbonyl (C=O) groups excluding carboxylic acids is 1. The zero-order valence-electron chi connectivity index (χ0n) is 8.65. The summed E-state index contributed by atoms with van der Waals surface area (Å²) in [5.41, 5.74) is 1.92. The van der Waals surface area contributed by atoms with Crippen molar-refractivity contribution in [3.05, 3.63) is 53.3 Å². The molecule has 0 saturated carbocycles. The monoisotopic (exact) mass is 247 g/mol. The summed E-state index contributed by atoms with van der Waals surface area (Å²) >= 11 is 5.60.